The third-order valence-electron chi connectivity index (χ3n) is 2.79. The Hall–Kier alpha value is 0.270. The molecule has 0 N–H and O–H groups in total. The van der Waals surface area contributed by atoms with Crippen LogP contribution in [-0.2, 0) is 0 Å². The van der Waals surface area contributed by atoms with Crippen LogP contribution >= 0.6 is 13.5 Å². The smallest absolute Gasteiger partial charge is 0.0224 e. The summed E-state index contributed by atoms with van der Waals surface area (Å²) < 4.78 is 0. The van der Waals surface area contributed by atoms with Crippen LogP contribution in [0.3, 0.4) is 0 Å². The van der Waals surface area contributed by atoms with Crippen LogP contribution in [0.1, 0.15) is 12.8 Å². The monoisotopic (exact) mass is 174 g/mol. The Morgan fingerprint density at radius 1 is 1.18 bits per heavy atom. The van der Waals surface area contributed by atoms with Gasteiger partial charge in [0.15, 0.2) is 0 Å². The maximum Gasteiger partial charge on any atom is 0.0224 e. The van der Waals surface area contributed by atoms with Crippen molar-refractivity contribution in [1.82, 2.24) is 9.80 Å². The SMILES string of the molecule is CN1CCN2CCC[C@@H]2C1.S. The Morgan fingerprint density at radius 3 is 2.82 bits per heavy atom. The molecule has 2 saturated heterocycles. The van der Waals surface area contributed by atoms with Crippen LogP contribution in [0.15, 0.2) is 0 Å². The molecule has 0 aliphatic carbocycles. The highest BCUT2D eigenvalue weighted by Gasteiger charge is 2.28. The lowest BCUT2D eigenvalue weighted by atomic mass is 10.2. The van der Waals surface area contributed by atoms with E-state index in [1.165, 1.54) is 39.0 Å². The molecule has 0 radical (unpaired) electrons. The average Bonchev–Trinajstić information content (AvgIpc) is 2.33. The summed E-state index contributed by atoms with van der Waals surface area (Å²) in [6.07, 6.45) is 2.86. The van der Waals surface area contributed by atoms with E-state index in [1.54, 1.807) is 0 Å². The molecule has 11 heavy (non-hydrogen) atoms. The van der Waals surface area contributed by atoms with Crippen molar-refractivity contribution in [2.24, 2.45) is 0 Å². The molecule has 0 bridgehead atoms. The van der Waals surface area contributed by atoms with Gasteiger partial charge in [0, 0.05) is 25.7 Å². The predicted octanol–water partition coefficient (Wildman–Crippen LogP) is 0.509. The van der Waals surface area contributed by atoms with E-state index in [-0.39, 0.29) is 13.5 Å². The fourth-order valence-corrected chi connectivity index (χ4v) is 2.15. The summed E-state index contributed by atoms with van der Waals surface area (Å²) in [7, 11) is 2.23. The van der Waals surface area contributed by atoms with Gasteiger partial charge in [0.25, 0.3) is 0 Å². The van der Waals surface area contributed by atoms with Gasteiger partial charge in [-0.2, -0.15) is 13.5 Å². The van der Waals surface area contributed by atoms with Crippen molar-refractivity contribution >= 4 is 13.5 Å². The first-order valence-corrected chi connectivity index (χ1v) is 4.29. The minimum absolute atomic E-state index is 0. The van der Waals surface area contributed by atoms with E-state index in [0.29, 0.717) is 0 Å². The minimum Gasteiger partial charge on any atom is -0.304 e. The van der Waals surface area contributed by atoms with Crippen LogP contribution in [-0.4, -0.2) is 49.1 Å². The van der Waals surface area contributed by atoms with E-state index in [0.717, 1.165) is 6.04 Å². The van der Waals surface area contributed by atoms with Gasteiger partial charge in [-0.25, -0.2) is 0 Å². The number of nitrogens with zero attached hydrogens (tertiary/aromatic N) is 2. The lowest BCUT2D eigenvalue weighted by molar-refractivity contribution is 0.124. The van der Waals surface area contributed by atoms with Gasteiger partial charge < -0.3 is 4.90 Å². The fraction of sp³-hybridized carbons (Fsp3) is 1.00. The highest BCUT2D eigenvalue weighted by atomic mass is 32.1. The number of hydrogen-bond acceptors (Lipinski definition) is 2. The molecular formula is C8H18N2S. The van der Waals surface area contributed by atoms with Gasteiger partial charge in [-0.05, 0) is 26.4 Å². The van der Waals surface area contributed by atoms with Crippen LogP contribution in [0.4, 0.5) is 0 Å². The fourth-order valence-electron chi connectivity index (χ4n) is 2.15. The third kappa shape index (κ3) is 1.89. The maximum absolute atomic E-state index is 2.64. The Kier molecular flexibility index (Phi) is 3.22. The molecule has 2 aliphatic heterocycles. The summed E-state index contributed by atoms with van der Waals surface area (Å²) in [5, 5.41) is 0. The second kappa shape index (κ2) is 3.78. The third-order valence-corrected chi connectivity index (χ3v) is 2.79. The summed E-state index contributed by atoms with van der Waals surface area (Å²) in [4.78, 5) is 5.09. The first kappa shape index (κ1) is 9.36. The second-order valence-corrected chi connectivity index (χ2v) is 3.59. The molecule has 2 heterocycles. The van der Waals surface area contributed by atoms with Crippen molar-refractivity contribution in [3.8, 4) is 0 Å². The molecule has 0 aromatic carbocycles. The van der Waals surface area contributed by atoms with Gasteiger partial charge in [-0.1, -0.05) is 0 Å². The largest absolute Gasteiger partial charge is 0.304 e. The van der Waals surface area contributed by atoms with Crippen LogP contribution in [0.2, 0.25) is 0 Å². The standard InChI is InChI=1S/C8H16N2.H2S/c1-9-5-6-10-4-2-3-8(10)7-9;/h8H,2-7H2,1H3;1H2/t8-;/m1./s1. The lowest BCUT2D eigenvalue weighted by Crippen LogP contribution is -2.48. The number of fused-ring (bicyclic) bond motifs is 1. The molecule has 2 aliphatic rings. The lowest BCUT2D eigenvalue weighted by Gasteiger charge is -2.35. The minimum atomic E-state index is 0. The molecule has 3 heteroatoms. The Labute approximate surface area is 76.0 Å². The highest BCUT2D eigenvalue weighted by molar-refractivity contribution is 7.59. The zero-order chi connectivity index (χ0) is 6.97. The topological polar surface area (TPSA) is 6.48 Å². The van der Waals surface area contributed by atoms with Crippen LogP contribution in [0, 0.1) is 0 Å². The predicted molar refractivity (Wildman–Crippen MR) is 52.5 cm³/mol. The molecule has 2 fully saturated rings. The highest BCUT2D eigenvalue weighted by Crippen LogP contribution is 2.20. The van der Waals surface area contributed by atoms with E-state index < -0.39 is 0 Å². The van der Waals surface area contributed by atoms with Crippen molar-refractivity contribution in [2.75, 3.05) is 33.2 Å². The summed E-state index contributed by atoms with van der Waals surface area (Å²) >= 11 is 0. The second-order valence-electron chi connectivity index (χ2n) is 3.59. The molecule has 0 saturated carbocycles. The number of rotatable bonds is 0. The number of hydrogen-bond donors (Lipinski definition) is 0. The number of likely N-dealkylation sites (N-methyl/N-ethyl adjacent to an activating group) is 1. The van der Waals surface area contributed by atoms with Gasteiger partial charge in [0.05, 0.1) is 0 Å². The molecule has 2 nitrogen and oxygen atoms in total. The van der Waals surface area contributed by atoms with Crippen LogP contribution < -0.4 is 0 Å². The van der Waals surface area contributed by atoms with Gasteiger partial charge in [0.1, 0.15) is 0 Å². The first-order valence-electron chi connectivity index (χ1n) is 4.29. The van der Waals surface area contributed by atoms with E-state index in [1.807, 2.05) is 0 Å². The summed E-state index contributed by atoms with van der Waals surface area (Å²) in [5.74, 6) is 0. The molecule has 0 spiro atoms. The molecule has 0 amide bonds. The average molecular weight is 174 g/mol. The summed E-state index contributed by atoms with van der Waals surface area (Å²) in [6, 6.07) is 0.902. The molecular weight excluding hydrogens is 156 g/mol. The molecule has 0 aromatic rings. The van der Waals surface area contributed by atoms with Crippen molar-refractivity contribution in [2.45, 2.75) is 18.9 Å². The van der Waals surface area contributed by atoms with E-state index >= 15 is 0 Å². The summed E-state index contributed by atoms with van der Waals surface area (Å²) in [5.41, 5.74) is 0. The van der Waals surface area contributed by atoms with E-state index in [4.69, 9.17) is 0 Å². The van der Waals surface area contributed by atoms with Gasteiger partial charge >= 0.3 is 0 Å². The quantitative estimate of drug-likeness (QED) is 0.528. The van der Waals surface area contributed by atoms with Crippen molar-refractivity contribution < 1.29 is 0 Å². The molecule has 66 valence electrons. The van der Waals surface area contributed by atoms with Gasteiger partial charge in [-0.15, -0.1) is 0 Å². The Bertz CT molecular complexity index is 129. The van der Waals surface area contributed by atoms with E-state index in [9.17, 15) is 0 Å². The summed E-state index contributed by atoms with van der Waals surface area (Å²) in [6.45, 7) is 5.25. The molecule has 2 rings (SSSR count). The Balaban J connectivity index is 0.000000605. The number of piperazine rings is 1. The zero-order valence-corrected chi connectivity index (χ0v) is 8.21. The molecule has 0 aromatic heterocycles. The zero-order valence-electron chi connectivity index (χ0n) is 7.21. The maximum atomic E-state index is 2.64. The normalized spacial score (nSPS) is 33.0. The van der Waals surface area contributed by atoms with Gasteiger partial charge in [0.2, 0.25) is 0 Å². The molecule has 0 unspecified atom stereocenters. The van der Waals surface area contributed by atoms with Crippen LogP contribution in [0.25, 0.3) is 0 Å². The van der Waals surface area contributed by atoms with Crippen LogP contribution in [0.5, 0.6) is 0 Å². The van der Waals surface area contributed by atoms with E-state index in [2.05, 4.69) is 16.8 Å². The first-order chi connectivity index (χ1) is 4.86. The Morgan fingerprint density at radius 2 is 2.00 bits per heavy atom. The van der Waals surface area contributed by atoms with Crippen molar-refractivity contribution in [1.29, 1.82) is 0 Å². The van der Waals surface area contributed by atoms with Gasteiger partial charge in [-0.3, -0.25) is 4.90 Å². The van der Waals surface area contributed by atoms with Crippen molar-refractivity contribution in [3.05, 3.63) is 0 Å². The van der Waals surface area contributed by atoms with Crippen molar-refractivity contribution in [3.63, 3.8) is 0 Å². The molecule has 1 atom stereocenters.